The molecule has 0 aromatic heterocycles. The Bertz CT molecular complexity index is 413. The lowest BCUT2D eigenvalue weighted by Gasteiger charge is -2.15. The van der Waals surface area contributed by atoms with Crippen molar-refractivity contribution in [1.29, 1.82) is 0 Å². The van der Waals surface area contributed by atoms with Crippen LogP contribution in [0.5, 0.6) is 11.5 Å². The van der Waals surface area contributed by atoms with Gasteiger partial charge in [-0.15, -0.1) is 0 Å². The Balaban J connectivity index is 3.37. The Morgan fingerprint density at radius 3 is 2.31 bits per heavy atom. The Hall–Kier alpha value is -1.03. The molecular weight excluding hydrogens is 272 g/mol. The number of halogens is 1. The summed E-state index contributed by atoms with van der Waals surface area (Å²) in [7, 11) is 3.17. The van der Waals surface area contributed by atoms with Crippen LogP contribution in [-0.2, 0) is 11.2 Å². The minimum absolute atomic E-state index is 0.0936. The quantitative estimate of drug-likeness (QED) is 0.854. The van der Waals surface area contributed by atoms with Crippen molar-refractivity contribution in [3.63, 3.8) is 0 Å². The number of rotatable bonds is 4. The summed E-state index contributed by atoms with van der Waals surface area (Å²) < 4.78 is 11.5. The molecule has 0 aliphatic carbocycles. The van der Waals surface area contributed by atoms with Crippen molar-refractivity contribution >= 4 is 21.7 Å². The summed E-state index contributed by atoms with van der Waals surface area (Å²) in [5, 5.41) is 0. The van der Waals surface area contributed by atoms with Gasteiger partial charge in [0.1, 0.15) is 5.78 Å². The van der Waals surface area contributed by atoms with Gasteiger partial charge >= 0.3 is 0 Å². The first-order chi connectivity index (χ1) is 7.51. The highest BCUT2D eigenvalue weighted by atomic mass is 79.9. The van der Waals surface area contributed by atoms with E-state index in [0.29, 0.717) is 17.9 Å². The van der Waals surface area contributed by atoms with Crippen LogP contribution in [0, 0.1) is 6.92 Å². The van der Waals surface area contributed by atoms with E-state index in [1.54, 1.807) is 21.1 Å². The summed E-state index contributed by atoms with van der Waals surface area (Å²) in [6, 6.07) is 1.90. The molecule has 16 heavy (non-hydrogen) atoms. The van der Waals surface area contributed by atoms with E-state index in [2.05, 4.69) is 15.9 Å². The zero-order chi connectivity index (χ0) is 12.3. The third kappa shape index (κ3) is 2.55. The smallest absolute Gasteiger partial charge is 0.165 e. The molecule has 0 fully saturated rings. The minimum Gasteiger partial charge on any atom is -0.493 e. The highest BCUT2D eigenvalue weighted by Crippen LogP contribution is 2.39. The van der Waals surface area contributed by atoms with Crippen LogP contribution in [-0.4, -0.2) is 20.0 Å². The van der Waals surface area contributed by atoms with Crippen LogP contribution in [0.1, 0.15) is 18.1 Å². The maximum absolute atomic E-state index is 11.2. The SMILES string of the molecule is COc1c(CC(C)=O)cc(Br)c(C)c1OC. The van der Waals surface area contributed by atoms with Gasteiger partial charge in [0.25, 0.3) is 0 Å². The van der Waals surface area contributed by atoms with E-state index in [-0.39, 0.29) is 5.78 Å². The van der Waals surface area contributed by atoms with Crippen LogP contribution in [0.4, 0.5) is 0 Å². The molecule has 0 bridgehead atoms. The second-order valence-corrected chi connectivity index (χ2v) is 4.44. The van der Waals surface area contributed by atoms with Crippen LogP contribution >= 0.6 is 15.9 Å². The van der Waals surface area contributed by atoms with Gasteiger partial charge in [0, 0.05) is 22.0 Å². The van der Waals surface area contributed by atoms with Crippen LogP contribution in [0.25, 0.3) is 0 Å². The first kappa shape index (κ1) is 13.0. The third-order valence-corrected chi connectivity index (χ3v) is 3.17. The molecule has 0 saturated heterocycles. The summed E-state index contributed by atoms with van der Waals surface area (Å²) in [6.07, 6.45) is 0.346. The van der Waals surface area contributed by atoms with Gasteiger partial charge in [-0.3, -0.25) is 4.79 Å². The molecule has 0 heterocycles. The fourth-order valence-electron chi connectivity index (χ4n) is 1.62. The van der Waals surface area contributed by atoms with Crippen molar-refractivity contribution in [2.75, 3.05) is 14.2 Å². The largest absolute Gasteiger partial charge is 0.493 e. The van der Waals surface area contributed by atoms with Crippen molar-refractivity contribution in [3.05, 3.63) is 21.7 Å². The molecule has 1 aromatic rings. The summed E-state index contributed by atoms with van der Waals surface area (Å²) >= 11 is 3.44. The molecule has 0 atom stereocenters. The number of methoxy groups -OCH3 is 2. The number of hydrogen-bond donors (Lipinski definition) is 0. The van der Waals surface area contributed by atoms with E-state index < -0.39 is 0 Å². The van der Waals surface area contributed by atoms with Crippen molar-refractivity contribution in [2.24, 2.45) is 0 Å². The maximum atomic E-state index is 11.2. The normalized spacial score (nSPS) is 10.1. The van der Waals surface area contributed by atoms with E-state index in [4.69, 9.17) is 9.47 Å². The van der Waals surface area contributed by atoms with E-state index in [1.807, 2.05) is 13.0 Å². The molecular formula is C12H15BrO3. The zero-order valence-electron chi connectivity index (χ0n) is 9.89. The van der Waals surface area contributed by atoms with Crippen LogP contribution in [0.2, 0.25) is 0 Å². The van der Waals surface area contributed by atoms with E-state index in [0.717, 1.165) is 15.6 Å². The van der Waals surface area contributed by atoms with Gasteiger partial charge in [-0.1, -0.05) is 15.9 Å². The van der Waals surface area contributed by atoms with Gasteiger partial charge in [0.15, 0.2) is 11.5 Å². The zero-order valence-corrected chi connectivity index (χ0v) is 11.5. The standard InChI is InChI=1S/C12H15BrO3/c1-7(14)5-9-6-10(13)8(2)11(15-3)12(9)16-4/h6H,5H2,1-4H3. The number of carbonyl (C=O) groups excluding carboxylic acids is 1. The second-order valence-electron chi connectivity index (χ2n) is 3.59. The van der Waals surface area contributed by atoms with E-state index >= 15 is 0 Å². The average Bonchev–Trinajstić information content (AvgIpc) is 2.21. The van der Waals surface area contributed by atoms with E-state index in [1.165, 1.54) is 0 Å². The lowest BCUT2D eigenvalue weighted by molar-refractivity contribution is -0.116. The van der Waals surface area contributed by atoms with Gasteiger partial charge in [-0.05, 0) is 19.9 Å². The van der Waals surface area contributed by atoms with Crippen molar-refractivity contribution in [3.8, 4) is 11.5 Å². The fraction of sp³-hybridized carbons (Fsp3) is 0.417. The molecule has 0 spiro atoms. The molecule has 0 radical (unpaired) electrons. The molecule has 0 unspecified atom stereocenters. The highest BCUT2D eigenvalue weighted by molar-refractivity contribution is 9.10. The van der Waals surface area contributed by atoms with Crippen LogP contribution < -0.4 is 9.47 Å². The molecule has 3 nitrogen and oxygen atoms in total. The molecule has 1 rings (SSSR count). The maximum Gasteiger partial charge on any atom is 0.165 e. The molecule has 1 aromatic carbocycles. The minimum atomic E-state index is 0.0936. The lowest BCUT2D eigenvalue weighted by Crippen LogP contribution is -2.03. The summed E-state index contributed by atoms with van der Waals surface area (Å²) in [5.74, 6) is 1.41. The Labute approximate surface area is 104 Å². The molecule has 4 heteroatoms. The summed E-state index contributed by atoms with van der Waals surface area (Å²) in [5.41, 5.74) is 1.80. The number of hydrogen-bond acceptors (Lipinski definition) is 3. The summed E-state index contributed by atoms with van der Waals surface area (Å²) in [4.78, 5) is 11.2. The topological polar surface area (TPSA) is 35.5 Å². The van der Waals surface area contributed by atoms with Gasteiger partial charge < -0.3 is 9.47 Å². The Morgan fingerprint density at radius 1 is 1.31 bits per heavy atom. The molecule has 0 N–H and O–H groups in total. The Morgan fingerprint density at radius 2 is 1.88 bits per heavy atom. The first-order valence-corrected chi connectivity index (χ1v) is 5.70. The number of Topliss-reactive ketones (excluding diaryl/α,β-unsaturated/α-hetero) is 1. The van der Waals surface area contributed by atoms with Crippen molar-refractivity contribution < 1.29 is 14.3 Å². The predicted molar refractivity (Wildman–Crippen MR) is 66.4 cm³/mol. The number of ether oxygens (including phenoxy) is 2. The Kier molecular flexibility index (Phi) is 4.35. The van der Waals surface area contributed by atoms with Crippen molar-refractivity contribution in [1.82, 2.24) is 0 Å². The van der Waals surface area contributed by atoms with Crippen LogP contribution in [0.15, 0.2) is 10.5 Å². The molecule has 0 amide bonds. The lowest BCUT2D eigenvalue weighted by atomic mass is 10.0. The monoisotopic (exact) mass is 286 g/mol. The first-order valence-electron chi connectivity index (χ1n) is 4.90. The molecule has 88 valence electrons. The number of benzene rings is 1. The molecule has 0 aliphatic heterocycles. The van der Waals surface area contributed by atoms with Gasteiger partial charge in [0.2, 0.25) is 0 Å². The molecule has 0 aliphatic rings. The van der Waals surface area contributed by atoms with Gasteiger partial charge in [0.05, 0.1) is 14.2 Å². The number of carbonyl (C=O) groups is 1. The second kappa shape index (κ2) is 5.34. The van der Waals surface area contributed by atoms with Crippen LogP contribution in [0.3, 0.4) is 0 Å². The summed E-state index contributed by atoms with van der Waals surface area (Å²) in [6.45, 7) is 3.49. The molecule has 0 saturated carbocycles. The highest BCUT2D eigenvalue weighted by Gasteiger charge is 2.16. The van der Waals surface area contributed by atoms with Gasteiger partial charge in [-0.2, -0.15) is 0 Å². The predicted octanol–water partition coefficient (Wildman–Crippen LogP) is 2.91. The fourth-order valence-corrected chi connectivity index (χ4v) is 2.08. The van der Waals surface area contributed by atoms with Gasteiger partial charge in [-0.25, -0.2) is 0 Å². The van der Waals surface area contributed by atoms with E-state index in [9.17, 15) is 4.79 Å². The number of ketones is 1. The van der Waals surface area contributed by atoms with Crippen molar-refractivity contribution in [2.45, 2.75) is 20.3 Å². The average molecular weight is 287 g/mol. The third-order valence-electron chi connectivity index (χ3n) is 2.35.